The molecule has 5 aromatic rings. The molecule has 0 amide bonds. The summed E-state index contributed by atoms with van der Waals surface area (Å²) in [5.41, 5.74) is 22.8. The standard InChI is InChI=1S/C47H44/c1-7-47(8-2)43-27-31(29-17-21-35-33-13-9-11-15-39(33)45(3,4)41(35)25-29)19-23-37(43)38-24-20-32(28-44(38)47)30-18-22-36-34-14-10-12-16-40(34)46(5,6)42(36)26-30/h9-11,13-15,17-28H,7-8,12,16H2,1-6H3. The summed E-state index contributed by atoms with van der Waals surface area (Å²) in [5, 5.41) is 0. The molecule has 0 saturated heterocycles. The molecule has 0 heteroatoms. The van der Waals surface area contributed by atoms with E-state index in [0.717, 1.165) is 19.3 Å². The summed E-state index contributed by atoms with van der Waals surface area (Å²) in [5.74, 6) is 0. The molecule has 232 valence electrons. The van der Waals surface area contributed by atoms with Gasteiger partial charge in [-0.1, -0.05) is 132 Å². The van der Waals surface area contributed by atoms with Crippen LogP contribution in [0.3, 0.4) is 0 Å². The highest BCUT2D eigenvalue weighted by molar-refractivity contribution is 5.90. The van der Waals surface area contributed by atoms with Crippen molar-refractivity contribution in [2.45, 2.75) is 83.5 Å². The van der Waals surface area contributed by atoms with Gasteiger partial charge in [-0.3, -0.25) is 0 Å². The van der Waals surface area contributed by atoms with E-state index in [2.05, 4.69) is 151 Å². The Balaban J connectivity index is 1.12. The van der Waals surface area contributed by atoms with Crippen molar-refractivity contribution >= 4 is 5.57 Å². The Labute approximate surface area is 280 Å². The van der Waals surface area contributed by atoms with E-state index in [1.165, 1.54) is 89.9 Å². The molecule has 0 N–H and O–H groups in total. The lowest BCUT2D eigenvalue weighted by Crippen LogP contribution is -2.23. The van der Waals surface area contributed by atoms with Crippen molar-refractivity contribution in [1.29, 1.82) is 0 Å². The van der Waals surface area contributed by atoms with Gasteiger partial charge in [-0.05, 0) is 133 Å². The number of benzene rings is 5. The van der Waals surface area contributed by atoms with Crippen LogP contribution >= 0.6 is 0 Å². The molecule has 0 saturated carbocycles. The number of fused-ring (bicyclic) bond motifs is 8. The van der Waals surface area contributed by atoms with Gasteiger partial charge in [0.25, 0.3) is 0 Å². The molecule has 0 spiro atoms. The van der Waals surface area contributed by atoms with Crippen molar-refractivity contribution in [2.75, 3.05) is 0 Å². The molecule has 0 bridgehead atoms. The molecule has 0 unspecified atom stereocenters. The highest BCUT2D eigenvalue weighted by Crippen LogP contribution is 2.56. The quantitative estimate of drug-likeness (QED) is 0.190. The Hall–Kier alpha value is -4.42. The van der Waals surface area contributed by atoms with Crippen LogP contribution in [0.1, 0.15) is 101 Å². The van der Waals surface area contributed by atoms with E-state index in [4.69, 9.17) is 0 Å². The fourth-order valence-corrected chi connectivity index (χ4v) is 9.95. The van der Waals surface area contributed by atoms with E-state index in [-0.39, 0.29) is 16.2 Å². The van der Waals surface area contributed by atoms with E-state index in [1.54, 1.807) is 5.57 Å². The first-order chi connectivity index (χ1) is 22.7. The molecular weight excluding hydrogens is 565 g/mol. The molecule has 0 aliphatic heterocycles. The van der Waals surface area contributed by atoms with Gasteiger partial charge in [0.2, 0.25) is 0 Å². The first-order valence-corrected chi connectivity index (χ1v) is 17.8. The van der Waals surface area contributed by atoms with Crippen molar-refractivity contribution in [3.8, 4) is 44.5 Å². The predicted octanol–water partition coefficient (Wildman–Crippen LogP) is 12.8. The van der Waals surface area contributed by atoms with Gasteiger partial charge in [-0.25, -0.2) is 0 Å². The Bertz CT molecular complexity index is 2210. The minimum absolute atomic E-state index is 0.000750. The molecule has 0 nitrogen and oxygen atoms in total. The zero-order chi connectivity index (χ0) is 32.3. The summed E-state index contributed by atoms with van der Waals surface area (Å²) in [6, 6.07) is 38.0. The molecule has 0 atom stereocenters. The lowest BCUT2D eigenvalue weighted by molar-refractivity contribution is 0.491. The first-order valence-electron chi connectivity index (χ1n) is 17.8. The van der Waals surface area contributed by atoms with Gasteiger partial charge in [0, 0.05) is 16.2 Å². The third-order valence-electron chi connectivity index (χ3n) is 12.7. The molecule has 47 heavy (non-hydrogen) atoms. The zero-order valence-electron chi connectivity index (χ0n) is 28.7. The predicted molar refractivity (Wildman–Crippen MR) is 200 cm³/mol. The number of rotatable bonds is 4. The second-order valence-electron chi connectivity index (χ2n) is 15.5. The molecule has 4 aliphatic rings. The maximum absolute atomic E-state index is 2.54. The molecular formula is C47H44. The third kappa shape index (κ3) is 3.76. The summed E-state index contributed by atoms with van der Waals surface area (Å²) in [6.07, 6.45) is 9.22. The number of allylic oxidation sites excluding steroid dienone is 4. The normalized spacial score (nSPS) is 18.3. The van der Waals surface area contributed by atoms with Crippen molar-refractivity contribution in [3.05, 3.63) is 148 Å². The topological polar surface area (TPSA) is 0 Å². The molecule has 9 rings (SSSR count). The molecule has 5 aromatic carbocycles. The second-order valence-corrected chi connectivity index (χ2v) is 15.5. The molecule has 0 radical (unpaired) electrons. The van der Waals surface area contributed by atoms with Crippen LogP contribution in [0.15, 0.2) is 115 Å². The second kappa shape index (κ2) is 9.80. The minimum Gasteiger partial charge on any atom is -0.0836 e. The summed E-state index contributed by atoms with van der Waals surface area (Å²) >= 11 is 0. The maximum Gasteiger partial charge on any atom is 0.0210 e. The van der Waals surface area contributed by atoms with Gasteiger partial charge in [0.05, 0.1) is 0 Å². The van der Waals surface area contributed by atoms with Crippen LogP contribution in [0.2, 0.25) is 0 Å². The molecule has 0 heterocycles. The highest BCUT2D eigenvalue weighted by atomic mass is 14.4. The van der Waals surface area contributed by atoms with E-state index in [0.29, 0.717) is 0 Å². The van der Waals surface area contributed by atoms with E-state index < -0.39 is 0 Å². The van der Waals surface area contributed by atoms with Gasteiger partial charge in [0.1, 0.15) is 0 Å². The largest absolute Gasteiger partial charge is 0.0836 e. The highest BCUT2D eigenvalue weighted by Gasteiger charge is 2.42. The number of hydrogen-bond acceptors (Lipinski definition) is 0. The van der Waals surface area contributed by atoms with E-state index in [1.807, 2.05) is 0 Å². The van der Waals surface area contributed by atoms with Gasteiger partial charge in [-0.2, -0.15) is 0 Å². The van der Waals surface area contributed by atoms with Crippen LogP contribution in [0.25, 0.3) is 50.1 Å². The van der Waals surface area contributed by atoms with Crippen LogP contribution in [-0.2, 0) is 16.2 Å². The Morgan fingerprint density at radius 2 is 0.957 bits per heavy atom. The minimum atomic E-state index is 0.000750. The monoisotopic (exact) mass is 608 g/mol. The average Bonchev–Trinajstić information content (AvgIpc) is 3.61. The van der Waals surface area contributed by atoms with Crippen molar-refractivity contribution in [3.63, 3.8) is 0 Å². The Morgan fingerprint density at radius 3 is 1.53 bits per heavy atom. The van der Waals surface area contributed by atoms with Crippen molar-refractivity contribution < 1.29 is 0 Å². The fraction of sp³-hybridized carbons (Fsp3) is 0.277. The smallest absolute Gasteiger partial charge is 0.0210 e. The van der Waals surface area contributed by atoms with E-state index in [9.17, 15) is 0 Å². The van der Waals surface area contributed by atoms with Crippen LogP contribution in [0, 0.1) is 0 Å². The molecule has 0 aromatic heterocycles. The zero-order valence-corrected chi connectivity index (χ0v) is 28.7. The first kappa shape index (κ1) is 28.8. The van der Waals surface area contributed by atoms with Crippen molar-refractivity contribution in [2.24, 2.45) is 0 Å². The third-order valence-corrected chi connectivity index (χ3v) is 12.7. The lowest BCUT2D eigenvalue weighted by Gasteiger charge is -2.30. The summed E-state index contributed by atoms with van der Waals surface area (Å²) in [6.45, 7) is 14.4. The van der Waals surface area contributed by atoms with Crippen LogP contribution in [0.5, 0.6) is 0 Å². The van der Waals surface area contributed by atoms with Gasteiger partial charge >= 0.3 is 0 Å². The van der Waals surface area contributed by atoms with Crippen LogP contribution in [0.4, 0.5) is 0 Å². The van der Waals surface area contributed by atoms with Gasteiger partial charge < -0.3 is 0 Å². The maximum atomic E-state index is 2.54. The molecule has 0 fully saturated rings. The molecule has 4 aliphatic carbocycles. The average molecular weight is 609 g/mol. The summed E-state index contributed by atoms with van der Waals surface area (Å²) < 4.78 is 0. The summed E-state index contributed by atoms with van der Waals surface area (Å²) in [7, 11) is 0. The van der Waals surface area contributed by atoms with Crippen LogP contribution in [-0.4, -0.2) is 0 Å². The number of hydrogen-bond donors (Lipinski definition) is 0. The fourth-order valence-electron chi connectivity index (χ4n) is 9.95. The van der Waals surface area contributed by atoms with Gasteiger partial charge in [0.15, 0.2) is 0 Å². The Morgan fingerprint density at radius 1 is 0.489 bits per heavy atom. The lowest BCUT2D eigenvalue weighted by atomic mass is 9.73. The summed E-state index contributed by atoms with van der Waals surface area (Å²) in [4.78, 5) is 0. The van der Waals surface area contributed by atoms with E-state index >= 15 is 0 Å². The Kier molecular flexibility index (Phi) is 6.00. The SMILES string of the molecule is CCC1(CC)c2cc(-c3ccc4c(c3)C(C)(C)C3=C4C=CCC3)ccc2-c2ccc(-c3ccc4c(c3)C(C)(C)c3ccccc3-4)cc21. The van der Waals surface area contributed by atoms with Crippen LogP contribution < -0.4 is 0 Å². The van der Waals surface area contributed by atoms with Gasteiger partial charge in [-0.15, -0.1) is 0 Å². The van der Waals surface area contributed by atoms with Crippen molar-refractivity contribution in [1.82, 2.24) is 0 Å².